The summed E-state index contributed by atoms with van der Waals surface area (Å²) in [7, 11) is 14.5. The third-order valence-electron chi connectivity index (χ3n) is 0. The summed E-state index contributed by atoms with van der Waals surface area (Å²) in [6.07, 6.45) is 0. The molecular formula is HCl3HfO. The van der Waals surface area contributed by atoms with Gasteiger partial charge in [0.2, 0.25) is 0 Å². The second-order valence-corrected chi connectivity index (χ2v) is 22.0. The Balaban J connectivity index is 3.02. The van der Waals surface area contributed by atoms with E-state index in [1.165, 1.54) is 0 Å². The molecule has 0 aliphatic rings. The first kappa shape index (κ1) is 6.70. The van der Waals surface area contributed by atoms with E-state index in [1.54, 1.807) is 0 Å². The zero-order chi connectivity index (χ0) is 4.50. The molecule has 0 rings (SSSR count). The van der Waals surface area contributed by atoms with Gasteiger partial charge in [0.15, 0.2) is 0 Å². The molecule has 0 aliphatic carbocycles. The minimum atomic E-state index is -3.86. The van der Waals surface area contributed by atoms with Crippen molar-refractivity contribution in [3.63, 3.8) is 0 Å². The van der Waals surface area contributed by atoms with Crippen molar-refractivity contribution >= 4 is 25.7 Å². The van der Waals surface area contributed by atoms with Gasteiger partial charge in [0, 0.05) is 0 Å². The quantitative estimate of drug-likeness (QED) is 0.673. The number of rotatable bonds is 0. The molecule has 0 radical (unpaired) electrons. The van der Waals surface area contributed by atoms with Crippen LogP contribution in [0.5, 0.6) is 0 Å². The fraction of sp³-hybridized carbons (Fsp3) is 0. The van der Waals surface area contributed by atoms with Crippen LogP contribution in [-0.4, -0.2) is 3.22 Å². The average Bonchev–Trinajstić information content (AvgIpc) is 0.722. The Morgan fingerprint density at radius 1 is 1.20 bits per heavy atom. The van der Waals surface area contributed by atoms with E-state index < -0.39 is 16.9 Å². The second kappa shape index (κ2) is 2.12. The SMILES string of the molecule is [OH][Hf]([Cl])([Cl])[Cl]. The van der Waals surface area contributed by atoms with Crippen LogP contribution in [0.15, 0.2) is 0 Å². The predicted molar refractivity (Wildman–Crippen MR) is 19.8 cm³/mol. The molecule has 5 heavy (non-hydrogen) atoms. The molecule has 1 nitrogen and oxygen atoms in total. The molecule has 0 saturated heterocycles. The molecule has 0 amide bonds. The molecule has 0 aromatic heterocycles. The van der Waals surface area contributed by atoms with Crippen LogP contribution in [0.2, 0.25) is 0 Å². The molecule has 0 aromatic carbocycles. The number of hydrogen-bond donors (Lipinski definition) is 1. The first-order chi connectivity index (χ1) is 2.00. The van der Waals surface area contributed by atoms with Crippen molar-refractivity contribution in [2.75, 3.05) is 0 Å². The Bertz CT molecular complexity index is 22.4. The van der Waals surface area contributed by atoms with Crippen molar-refractivity contribution < 1.29 is 20.1 Å². The van der Waals surface area contributed by atoms with Crippen LogP contribution in [0, 0.1) is 0 Å². The van der Waals surface area contributed by atoms with E-state index in [0.717, 1.165) is 0 Å². The van der Waals surface area contributed by atoms with Gasteiger partial charge in [0.25, 0.3) is 0 Å². The van der Waals surface area contributed by atoms with Gasteiger partial charge in [-0.25, -0.2) is 0 Å². The molecule has 0 saturated carbocycles. The molecule has 0 unspecified atom stereocenters. The first-order valence-electron chi connectivity index (χ1n) is 0.791. The summed E-state index contributed by atoms with van der Waals surface area (Å²) >= 11 is -3.86. The molecule has 1 N–H and O–H groups in total. The Labute approximate surface area is 45.5 Å². The van der Waals surface area contributed by atoms with Crippen molar-refractivity contribution in [3.05, 3.63) is 0 Å². The van der Waals surface area contributed by atoms with Crippen LogP contribution in [0.4, 0.5) is 0 Å². The van der Waals surface area contributed by atoms with Crippen molar-refractivity contribution in [1.82, 2.24) is 0 Å². The third kappa shape index (κ3) is 27.0. The molecule has 0 aliphatic heterocycles. The fourth-order valence-corrected chi connectivity index (χ4v) is 0. The number of hydrogen-bond acceptors (Lipinski definition) is 1. The zero-order valence-electron chi connectivity index (χ0n) is 2.08. The monoisotopic (exact) mass is 302 g/mol. The van der Waals surface area contributed by atoms with Crippen LogP contribution in [0.1, 0.15) is 0 Å². The van der Waals surface area contributed by atoms with E-state index in [2.05, 4.69) is 0 Å². The minimum absolute atomic E-state index is 3.86. The van der Waals surface area contributed by atoms with Gasteiger partial charge < -0.3 is 0 Å². The average molecular weight is 302 g/mol. The summed E-state index contributed by atoms with van der Waals surface area (Å²) in [6.45, 7) is 0. The molecule has 32 valence electrons. The van der Waals surface area contributed by atoms with E-state index in [1.807, 2.05) is 0 Å². The first-order valence-corrected chi connectivity index (χ1v) is 15.8. The van der Waals surface area contributed by atoms with Gasteiger partial charge in [-0.15, -0.1) is 0 Å². The van der Waals surface area contributed by atoms with Gasteiger partial charge in [-0.2, -0.15) is 0 Å². The predicted octanol–water partition coefficient (Wildman–Crippen LogP) is 1.51. The molecular weight excluding hydrogens is 301 g/mol. The fourth-order valence-electron chi connectivity index (χ4n) is 0. The summed E-state index contributed by atoms with van der Waals surface area (Å²) < 4.78 is 8.04. The van der Waals surface area contributed by atoms with E-state index in [-0.39, 0.29) is 0 Å². The topological polar surface area (TPSA) is 20.2 Å². The van der Waals surface area contributed by atoms with Gasteiger partial charge in [-0.3, -0.25) is 0 Å². The van der Waals surface area contributed by atoms with Gasteiger partial charge in [-0.05, 0) is 0 Å². The van der Waals surface area contributed by atoms with Gasteiger partial charge in [-0.1, -0.05) is 0 Å². The van der Waals surface area contributed by atoms with Crippen LogP contribution in [0.3, 0.4) is 0 Å². The van der Waals surface area contributed by atoms with Gasteiger partial charge in [0.1, 0.15) is 0 Å². The van der Waals surface area contributed by atoms with E-state index >= 15 is 0 Å². The summed E-state index contributed by atoms with van der Waals surface area (Å²) in [6, 6.07) is 0. The van der Waals surface area contributed by atoms with Crippen molar-refractivity contribution in [2.45, 2.75) is 0 Å². The van der Waals surface area contributed by atoms with Gasteiger partial charge >= 0.3 is 45.8 Å². The summed E-state index contributed by atoms with van der Waals surface area (Å²) in [5.41, 5.74) is 0. The summed E-state index contributed by atoms with van der Waals surface area (Å²) in [5.74, 6) is 0. The Hall–Kier alpha value is 1.70. The van der Waals surface area contributed by atoms with E-state index in [9.17, 15) is 0 Å². The van der Waals surface area contributed by atoms with Gasteiger partial charge in [0.05, 0.1) is 0 Å². The number of halogens is 3. The normalized spacial score (nSPS) is 12.0. The molecule has 0 fully saturated rings. The standard InChI is InChI=1S/3ClH.Hf.H2O/h3*1H;;1H2/q;;;+4;/p-4. The van der Waals surface area contributed by atoms with Crippen LogP contribution in [-0.2, 0) is 16.9 Å². The van der Waals surface area contributed by atoms with Crippen LogP contribution < -0.4 is 0 Å². The molecule has 0 spiro atoms. The summed E-state index contributed by atoms with van der Waals surface area (Å²) in [4.78, 5) is 0. The second-order valence-electron chi connectivity index (χ2n) is 0.468. The Morgan fingerprint density at radius 3 is 1.20 bits per heavy atom. The molecule has 0 aromatic rings. The van der Waals surface area contributed by atoms with Crippen LogP contribution >= 0.6 is 25.7 Å². The molecule has 0 atom stereocenters. The van der Waals surface area contributed by atoms with Crippen molar-refractivity contribution in [2.24, 2.45) is 0 Å². The van der Waals surface area contributed by atoms with Crippen molar-refractivity contribution in [3.8, 4) is 0 Å². The van der Waals surface area contributed by atoms with E-state index in [0.29, 0.717) is 0 Å². The molecule has 5 heteroatoms. The van der Waals surface area contributed by atoms with Crippen molar-refractivity contribution in [1.29, 1.82) is 0 Å². The van der Waals surface area contributed by atoms with Crippen LogP contribution in [0.25, 0.3) is 0 Å². The van der Waals surface area contributed by atoms with E-state index in [4.69, 9.17) is 29.0 Å². The molecule has 0 bridgehead atoms. The Kier molecular flexibility index (Phi) is 2.85. The third-order valence-corrected chi connectivity index (χ3v) is 0. The Morgan fingerprint density at radius 2 is 1.20 bits per heavy atom. The zero-order valence-corrected chi connectivity index (χ0v) is 7.94. The maximum absolute atomic E-state index is 8.04. The maximum atomic E-state index is 8.04. The summed E-state index contributed by atoms with van der Waals surface area (Å²) in [5, 5.41) is 0. The molecule has 0 heterocycles.